The van der Waals surface area contributed by atoms with Crippen LogP contribution < -0.4 is 10.1 Å². The Labute approximate surface area is 163 Å². The van der Waals surface area contributed by atoms with E-state index in [4.69, 9.17) is 16.3 Å². The summed E-state index contributed by atoms with van der Waals surface area (Å²) in [5.41, 5.74) is 0.949. The van der Waals surface area contributed by atoms with Crippen LogP contribution in [0.4, 0.5) is 5.13 Å². The van der Waals surface area contributed by atoms with Crippen LogP contribution in [0.2, 0.25) is 5.02 Å². The van der Waals surface area contributed by atoms with Crippen LogP contribution in [-0.2, 0) is 18.4 Å². The second-order valence-corrected chi connectivity index (χ2v) is 7.58. The summed E-state index contributed by atoms with van der Waals surface area (Å²) in [4.78, 5) is 15.9. The van der Waals surface area contributed by atoms with Crippen molar-refractivity contribution in [3.63, 3.8) is 0 Å². The molecule has 10 heteroatoms. The molecule has 0 aliphatic rings. The lowest BCUT2D eigenvalue weighted by Gasteiger charge is -2.08. The number of amides is 1. The van der Waals surface area contributed by atoms with E-state index in [0.29, 0.717) is 26.9 Å². The molecule has 0 saturated heterocycles. The minimum Gasteiger partial charge on any atom is -0.486 e. The Morgan fingerprint density at radius 2 is 2.27 bits per heavy atom. The number of halogens is 1. The van der Waals surface area contributed by atoms with Crippen LogP contribution in [0.15, 0.2) is 34.9 Å². The first kappa shape index (κ1) is 18.7. The molecular formula is C16H16ClN5O2S2. The number of nitrogens with one attached hydrogen (secondary N) is 1. The van der Waals surface area contributed by atoms with Crippen molar-refractivity contribution in [2.24, 2.45) is 7.05 Å². The lowest BCUT2D eigenvalue weighted by Crippen LogP contribution is -2.14. The van der Waals surface area contributed by atoms with Crippen molar-refractivity contribution in [3.05, 3.63) is 46.2 Å². The molecule has 26 heavy (non-hydrogen) atoms. The molecule has 0 saturated carbocycles. The molecule has 3 aromatic rings. The van der Waals surface area contributed by atoms with Gasteiger partial charge >= 0.3 is 0 Å². The molecule has 0 aliphatic heterocycles. The molecular weight excluding hydrogens is 394 g/mol. The molecule has 1 N–H and O–H groups in total. The van der Waals surface area contributed by atoms with Crippen molar-refractivity contribution in [2.75, 3.05) is 11.1 Å². The highest BCUT2D eigenvalue weighted by molar-refractivity contribution is 7.99. The van der Waals surface area contributed by atoms with Gasteiger partial charge in [0.05, 0.1) is 5.75 Å². The van der Waals surface area contributed by atoms with E-state index in [2.05, 4.69) is 20.5 Å². The Morgan fingerprint density at radius 3 is 3.00 bits per heavy atom. The van der Waals surface area contributed by atoms with Crippen molar-refractivity contribution in [2.45, 2.75) is 18.7 Å². The van der Waals surface area contributed by atoms with Gasteiger partial charge in [-0.2, -0.15) is 0 Å². The molecule has 0 aliphatic carbocycles. The molecule has 7 nitrogen and oxygen atoms in total. The minimum absolute atomic E-state index is 0.137. The monoisotopic (exact) mass is 409 g/mol. The third-order valence-electron chi connectivity index (χ3n) is 3.43. The maximum absolute atomic E-state index is 11.9. The van der Waals surface area contributed by atoms with Crippen LogP contribution in [0.25, 0.3) is 0 Å². The zero-order valence-electron chi connectivity index (χ0n) is 14.1. The van der Waals surface area contributed by atoms with Gasteiger partial charge in [-0.3, -0.25) is 4.79 Å². The molecule has 0 atom stereocenters. The van der Waals surface area contributed by atoms with Gasteiger partial charge in [-0.15, -0.1) is 21.5 Å². The number of hydrogen-bond donors (Lipinski definition) is 1. The average Bonchev–Trinajstić information content (AvgIpc) is 3.24. The summed E-state index contributed by atoms with van der Waals surface area (Å²) in [6, 6.07) is 5.48. The fraction of sp³-hybridized carbons (Fsp3) is 0.250. The topological polar surface area (TPSA) is 81.9 Å². The van der Waals surface area contributed by atoms with Gasteiger partial charge in [0.25, 0.3) is 0 Å². The van der Waals surface area contributed by atoms with Crippen LogP contribution in [0.3, 0.4) is 0 Å². The van der Waals surface area contributed by atoms with E-state index >= 15 is 0 Å². The van der Waals surface area contributed by atoms with Gasteiger partial charge in [0.2, 0.25) is 5.91 Å². The van der Waals surface area contributed by atoms with E-state index in [9.17, 15) is 4.79 Å². The minimum atomic E-state index is -0.137. The van der Waals surface area contributed by atoms with Crippen LogP contribution in [0.1, 0.15) is 11.4 Å². The smallest absolute Gasteiger partial charge is 0.236 e. The lowest BCUT2D eigenvalue weighted by atomic mass is 10.2. The third kappa shape index (κ3) is 4.75. The van der Waals surface area contributed by atoms with Crippen molar-refractivity contribution >= 4 is 45.7 Å². The number of anilines is 1. The lowest BCUT2D eigenvalue weighted by molar-refractivity contribution is -0.113. The number of nitrogens with zero attached hydrogens (tertiary/aromatic N) is 4. The van der Waals surface area contributed by atoms with Gasteiger partial charge in [0, 0.05) is 23.6 Å². The highest BCUT2D eigenvalue weighted by Crippen LogP contribution is 2.22. The number of aryl methyl sites for hydroxylation is 1. The standard InChI is InChI=1S/C16H16ClN5O2S2/c1-10-7-11(3-4-12(10)17)24-8-13-20-21-16(22(13)2)26-9-14(23)19-15-18-5-6-25-15/h3-7H,8-9H2,1-2H3,(H,18,19,23). The van der Waals surface area contributed by atoms with Crippen LogP contribution in [0, 0.1) is 6.92 Å². The number of carbonyl (C=O) groups is 1. The van der Waals surface area contributed by atoms with Gasteiger partial charge < -0.3 is 14.6 Å². The normalized spacial score (nSPS) is 10.7. The van der Waals surface area contributed by atoms with E-state index in [1.807, 2.05) is 30.7 Å². The zero-order chi connectivity index (χ0) is 18.5. The Balaban J connectivity index is 1.53. The van der Waals surface area contributed by atoms with E-state index < -0.39 is 0 Å². The predicted octanol–water partition coefficient (Wildman–Crippen LogP) is 3.54. The summed E-state index contributed by atoms with van der Waals surface area (Å²) in [5.74, 6) is 1.47. The second kappa shape index (κ2) is 8.52. The van der Waals surface area contributed by atoms with Crippen molar-refractivity contribution in [1.29, 1.82) is 0 Å². The van der Waals surface area contributed by atoms with Gasteiger partial charge in [0.15, 0.2) is 16.1 Å². The number of hydrogen-bond acceptors (Lipinski definition) is 7. The Hall–Kier alpha value is -2.10. The Kier molecular flexibility index (Phi) is 6.12. The molecule has 0 unspecified atom stereocenters. The molecule has 2 aromatic heterocycles. The Morgan fingerprint density at radius 1 is 1.42 bits per heavy atom. The van der Waals surface area contributed by atoms with E-state index in [-0.39, 0.29) is 18.3 Å². The molecule has 136 valence electrons. The largest absolute Gasteiger partial charge is 0.486 e. The maximum atomic E-state index is 11.9. The average molecular weight is 410 g/mol. The number of aromatic nitrogens is 4. The molecule has 2 heterocycles. The highest BCUT2D eigenvalue weighted by atomic mass is 35.5. The first-order valence-electron chi connectivity index (χ1n) is 7.62. The molecule has 0 spiro atoms. The molecule has 0 bridgehead atoms. The van der Waals surface area contributed by atoms with E-state index in [1.165, 1.54) is 23.1 Å². The fourth-order valence-electron chi connectivity index (χ4n) is 2.02. The quantitative estimate of drug-likeness (QED) is 0.601. The fourth-order valence-corrected chi connectivity index (χ4v) is 3.41. The number of ether oxygens (including phenoxy) is 1. The number of carbonyl (C=O) groups excluding carboxylic acids is 1. The zero-order valence-corrected chi connectivity index (χ0v) is 16.5. The third-order valence-corrected chi connectivity index (χ3v) is 5.57. The van der Waals surface area contributed by atoms with Gasteiger partial charge in [-0.05, 0) is 30.7 Å². The summed E-state index contributed by atoms with van der Waals surface area (Å²) >= 11 is 8.69. The van der Waals surface area contributed by atoms with Crippen molar-refractivity contribution in [3.8, 4) is 5.75 Å². The number of thiazole rings is 1. The first-order chi connectivity index (χ1) is 12.5. The van der Waals surface area contributed by atoms with Gasteiger partial charge in [-0.1, -0.05) is 23.4 Å². The summed E-state index contributed by atoms with van der Waals surface area (Å²) in [7, 11) is 1.84. The molecule has 1 aromatic carbocycles. The number of rotatable bonds is 7. The summed E-state index contributed by atoms with van der Waals surface area (Å²) in [6.07, 6.45) is 1.64. The van der Waals surface area contributed by atoms with Crippen LogP contribution in [0.5, 0.6) is 5.75 Å². The van der Waals surface area contributed by atoms with Crippen LogP contribution >= 0.6 is 34.7 Å². The number of benzene rings is 1. The van der Waals surface area contributed by atoms with E-state index in [0.717, 1.165) is 5.56 Å². The highest BCUT2D eigenvalue weighted by Gasteiger charge is 2.13. The summed E-state index contributed by atoms with van der Waals surface area (Å²) < 4.78 is 7.55. The van der Waals surface area contributed by atoms with Gasteiger partial charge in [-0.25, -0.2) is 4.98 Å². The first-order valence-corrected chi connectivity index (χ1v) is 9.86. The summed E-state index contributed by atoms with van der Waals surface area (Å²) in [5, 5.41) is 14.7. The van der Waals surface area contributed by atoms with E-state index in [1.54, 1.807) is 17.6 Å². The SMILES string of the molecule is Cc1cc(OCc2nnc(SCC(=O)Nc3nccs3)n2C)ccc1Cl. The maximum Gasteiger partial charge on any atom is 0.236 e. The van der Waals surface area contributed by atoms with Crippen molar-refractivity contribution in [1.82, 2.24) is 19.7 Å². The van der Waals surface area contributed by atoms with Crippen molar-refractivity contribution < 1.29 is 9.53 Å². The molecule has 0 fully saturated rings. The summed E-state index contributed by atoms with van der Waals surface area (Å²) in [6.45, 7) is 2.19. The molecule has 0 radical (unpaired) electrons. The Bertz CT molecular complexity index is 898. The number of thioether (sulfide) groups is 1. The molecule has 3 rings (SSSR count). The molecule has 1 amide bonds. The van der Waals surface area contributed by atoms with Crippen LogP contribution in [-0.4, -0.2) is 31.4 Å². The second-order valence-electron chi connectivity index (χ2n) is 5.33. The van der Waals surface area contributed by atoms with Gasteiger partial charge in [0.1, 0.15) is 12.4 Å². The predicted molar refractivity (Wildman–Crippen MR) is 103 cm³/mol.